The van der Waals surface area contributed by atoms with E-state index in [1.54, 1.807) is 4.90 Å². The van der Waals surface area contributed by atoms with Crippen molar-refractivity contribution in [1.82, 2.24) is 15.1 Å². The number of carbonyl (C=O) groups excluding carboxylic acids is 2. The highest BCUT2D eigenvalue weighted by atomic mass is 19.1. The normalized spacial score (nSPS) is 19.4. The Balaban J connectivity index is 1.66. The van der Waals surface area contributed by atoms with E-state index in [9.17, 15) is 14.0 Å². The minimum absolute atomic E-state index is 0.192. The molecule has 0 aromatic heterocycles. The number of benzene rings is 1. The lowest BCUT2D eigenvalue weighted by atomic mass is 9.96. The molecule has 2 aliphatic heterocycles. The van der Waals surface area contributed by atoms with Gasteiger partial charge in [0.2, 0.25) is 0 Å². The molecule has 3 rings (SSSR count). The van der Waals surface area contributed by atoms with Crippen LogP contribution in [0.1, 0.15) is 56.8 Å². The molecule has 7 nitrogen and oxygen atoms in total. The summed E-state index contributed by atoms with van der Waals surface area (Å²) in [7, 11) is 0. The van der Waals surface area contributed by atoms with E-state index in [1.165, 1.54) is 18.2 Å². The Morgan fingerprint density at radius 3 is 2.66 bits per heavy atom. The molecule has 1 N–H and O–H groups in total. The summed E-state index contributed by atoms with van der Waals surface area (Å²) in [6, 6.07) is 4.13. The molecule has 0 aliphatic carbocycles. The van der Waals surface area contributed by atoms with Gasteiger partial charge in [-0.15, -0.1) is 0 Å². The second kappa shape index (κ2) is 11.0. The molecule has 1 aromatic carbocycles. The molecule has 1 saturated heterocycles. The molecule has 0 radical (unpaired) electrons. The van der Waals surface area contributed by atoms with Crippen LogP contribution in [0.5, 0.6) is 5.75 Å². The molecule has 32 heavy (non-hydrogen) atoms. The van der Waals surface area contributed by atoms with Gasteiger partial charge in [0, 0.05) is 32.7 Å². The Kier molecular flexibility index (Phi) is 8.34. The van der Waals surface area contributed by atoms with Gasteiger partial charge in [0.25, 0.3) is 5.91 Å². The number of hydrogen-bond acceptors (Lipinski definition) is 5. The summed E-state index contributed by atoms with van der Waals surface area (Å²) in [4.78, 5) is 29.3. The number of hydrogen-bond donors (Lipinski definition) is 1. The predicted octanol–water partition coefficient (Wildman–Crippen LogP) is 3.68. The Bertz CT molecular complexity index is 788. The minimum Gasteiger partial charge on any atom is -0.491 e. The molecular weight excluding hydrogens is 413 g/mol. The molecule has 0 bridgehead atoms. The lowest BCUT2D eigenvalue weighted by molar-refractivity contribution is 0.0166. The number of amides is 2. The lowest BCUT2D eigenvalue weighted by Gasteiger charge is -2.36. The quantitative estimate of drug-likeness (QED) is 0.746. The molecule has 1 aromatic rings. The van der Waals surface area contributed by atoms with Crippen LogP contribution in [0.4, 0.5) is 9.18 Å². The van der Waals surface area contributed by atoms with Gasteiger partial charge in [0.05, 0.1) is 5.56 Å². The number of likely N-dealkylation sites (tertiary alicyclic amines) is 1. The summed E-state index contributed by atoms with van der Waals surface area (Å²) >= 11 is 0. The van der Waals surface area contributed by atoms with E-state index in [-0.39, 0.29) is 23.5 Å². The first-order chi connectivity index (χ1) is 15.2. The zero-order valence-corrected chi connectivity index (χ0v) is 19.5. The summed E-state index contributed by atoms with van der Waals surface area (Å²) in [5.41, 5.74) is -0.240. The second-order valence-electron chi connectivity index (χ2n) is 9.61. The average molecular weight is 450 g/mol. The van der Waals surface area contributed by atoms with Crippen molar-refractivity contribution in [2.24, 2.45) is 5.92 Å². The fourth-order valence-electron chi connectivity index (χ4n) is 4.09. The third kappa shape index (κ3) is 7.08. The first-order valence-corrected chi connectivity index (χ1v) is 11.6. The van der Waals surface area contributed by atoms with Gasteiger partial charge in [-0.05, 0) is 77.1 Å². The van der Waals surface area contributed by atoms with Crippen molar-refractivity contribution < 1.29 is 23.5 Å². The maximum absolute atomic E-state index is 14.0. The molecule has 1 fully saturated rings. The van der Waals surface area contributed by atoms with Gasteiger partial charge in [-0.1, -0.05) is 0 Å². The Labute approximate surface area is 190 Å². The van der Waals surface area contributed by atoms with Gasteiger partial charge >= 0.3 is 6.09 Å². The number of fused-ring (bicyclic) bond motifs is 1. The highest BCUT2D eigenvalue weighted by Gasteiger charge is 2.29. The van der Waals surface area contributed by atoms with Crippen LogP contribution in [-0.4, -0.2) is 73.3 Å². The topological polar surface area (TPSA) is 71.1 Å². The second-order valence-corrected chi connectivity index (χ2v) is 9.61. The Hall–Kier alpha value is -2.35. The van der Waals surface area contributed by atoms with E-state index < -0.39 is 11.4 Å². The van der Waals surface area contributed by atoms with Crippen molar-refractivity contribution in [3.05, 3.63) is 29.6 Å². The summed E-state index contributed by atoms with van der Waals surface area (Å²) < 4.78 is 25.2. The number of ether oxygens (including phenoxy) is 2. The van der Waals surface area contributed by atoms with E-state index in [2.05, 4.69) is 5.32 Å². The van der Waals surface area contributed by atoms with E-state index in [1.807, 2.05) is 25.7 Å². The van der Waals surface area contributed by atoms with Gasteiger partial charge in [-0.25, -0.2) is 9.18 Å². The van der Waals surface area contributed by atoms with Crippen LogP contribution in [0.25, 0.3) is 0 Å². The molecule has 0 spiro atoms. The van der Waals surface area contributed by atoms with E-state index >= 15 is 0 Å². The lowest BCUT2D eigenvalue weighted by Crippen LogP contribution is -2.45. The fraction of sp³-hybridized carbons (Fsp3) is 0.667. The van der Waals surface area contributed by atoms with Crippen molar-refractivity contribution in [2.45, 2.75) is 52.1 Å². The van der Waals surface area contributed by atoms with Crippen LogP contribution in [0.15, 0.2) is 18.2 Å². The third-order valence-electron chi connectivity index (χ3n) is 5.77. The molecule has 8 heteroatoms. The highest BCUT2D eigenvalue weighted by Crippen LogP contribution is 2.25. The summed E-state index contributed by atoms with van der Waals surface area (Å²) in [6.07, 6.45) is 3.15. The summed E-state index contributed by atoms with van der Waals surface area (Å²) in [5, 5.41) is 3.33. The van der Waals surface area contributed by atoms with Crippen LogP contribution in [-0.2, 0) is 4.74 Å². The first kappa shape index (κ1) is 24.3. The van der Waals surface area contributed by atoms with Crippen molar-refractivity contribution in [3.8, 4) is 5.75 Å². The van der Waals surface area contributed by atoms with Gasteiger partial charge in [-0.2, -0.15) is 0 Å². The number of carbonyl (C=O) groups is 2. The minimum atomic E-state index is -0.515. The molecule has 0 unspecified atom stereocenters. The van der Waals surface area contributed by atoms with E-state index in [4.69, 9.17) is 9.47 Å². The van der Waals surface area contributed by atoms with Crippen LogP contribution in [0.3, 0.4) is 0 Å². The van der Waals surface area contributed by atoms with Crippen LogP contribution >= 0.6 is 0 Å². The van der Waals surface area contributed by atoms with Crippen LogP contribution in [0.2, 0.25) is 0 Å². The van der Waals surface area contributed by atoms with Crippen molar-refractivity contribution >= 4 is 12.0 Å². The SMILES string of the molecule is CC(C)(C)OC(=O)N1CCC(CN2CCCCNCCOc3ccc(F)cc3C2=O)CC1. The van der Waals surface area contributed by atoms with E-state index in [0.29, 0.717) is 45.1 Å². The van der Waals surface area contributed by atoms with Crippen molar-refractivity contribution in [1.29, 1.82) is 0 Å². The van der Waals surface area contributed by atoms with Gasteiger partial charge < -0.3 is 24.6 Å². The number of nitrogens with one attached hydrogen (secondary N) is 1. The molecule has 2 heterocycles. The van der Waals surface area contributed by atoms with E-state index in [0.717, 1.165) is 32.2 Å². The molecular formula is C24H36FN3O4. The Morgan fingerprint density at radius 1 is 1.19 bits per heavy atom. The summed E-state index contributed by atoms with van der Waals surface area (Å²) in [5.74, 6) is 0.0595. The number of nitrogens with zero attached hydrogens (tertiary/aromatic N) is 2. The Morgan fingerprint density at radius 2 is 1.94 bits per heavy atom. The van der Waals surface area contributed by atoms with Gasteiger partial charge in [-0.3, -0.25) is 4.79 Å². The smallest absolute Gasteiger partial charge is 0.410 e. The average Bonchev–Trinajstić information content (AvgIpc) is 2.73. The maximum Gasteiger partial charge on any atom is 0.410 e. The molecule has 178 valence electrons. The predicted molar refractivity (Wildman–Crippen MR) is 120 cm³/mol. The number of halogens is 1. The largest absolute Gasteiger partial charge is 0.491 e. The summed E-state index contributed by atoms with van der Waals surface area (Å²) in [6.45, 7) is 9.99. The maximum atomic E-state index is 14.0. The first-order valence-electron chi connectivity index (χ1n) is 11.6. The molecule has 0 atom stereocenters. The zero-order valence-electron chi connectivity index (χ0n) is 19.5. The number of rotatable bonds is 2. The molecule has 0 saturated carbocycles. The van der Waals surface area contributed by atoms with Crippen LogP contribution in [0, 0.1) is 11.7 Å². The highest BCUT2D eigenvalue weighted by molar-refractivity contribution is 5.97. The molecule has 2 aliphatic rings. The van der Waals surface area contributed by atoms with Gasteiger partial charge in [0.1, 0.15) is 23.8 Å². The van der Waals surface area contributed by atoms with Gasteiger partial charge in [0.15, 0.2) is 0 Å². The third-order valence-corrected chi connectivity index (χ3v) is 5.77. The number of piperidine rings is 1. The standard InChI is InChI=1S/C24H36FN3O4/c1-24(2,3)32-23(30)27-13-8-18(9-14-27)17-28-12-5-4-10-26-11-15-31-21-7-6-19(25)16-20(21)22(28)29/h6-7,16,18,26H,4-5,8-15,17H2,1-3H3. The van der Waals surface area contributed by atoms with Crippen LogP contribution < -0.4 is 10.1 Å². The zero-order chi connectivity index (χ0) is 23.1. The monoisotopic (exact) mass is 449 g/mol. The van der Waals surface area contributed by atoms with Crippen molar-refractivity contribution in [2.75, 3.05) is 45.9 Å². The van der Waals surface area contributed by atoms with Crippen molar-refractivity contribution in [3.63, 3.8) is 0 Å². The molecule has 2 amide bonds. The fourth-order valence-corrected chi connectivity index (χ4v) is 4.09.